The maximum absolute atomic E-state index is 12.9. The number of nitro benzene ring substituents is 1. The number of carbonyl (C=O) groups is 2. The van der Waals surface area contributed by atoms with Gasteiger partial charge in [0.05, 0.1) is 11.1 Å². The maximum Gasteiger partial charge on any atom is 0.287 e. The Morgan fingerprint density at radius 3 is 2.57 bits per heavy atom. The first kappa shape index (κ1) is 23.0. The van der Waals surface area contributed by atoms with Crippen LogP contribution in [0.15, 0.2) is 77.5 Å². The Hall–Kier alpha value is -5.19. The Morgan fingerprint density at radius 2 is 1.80 bits per heavy atom. The number of carbonyl (C=O) groups excluding carboxylic acids is 2. The zero-order chi connectivity index (χ0) is 24.8. The van der Waals surface area contributed by atoms with E-state index in [1.54, 1.807) is 48.5 Å². The largest absolute Gasteiger partial charge is 0.507 e. The van der Waals surface area contributed by atoms with Crippen molar-refractivity contribution in [3.05, 3.63) is 99.2 Å². The molecule has 0 fully saturated rings. The third-order valence-corrected chi connectivity index (χ3v) is 4.83. The number of nitrogens with one attached hydrogen (secondary N) is 2. The normalized spacial score (nSPS) is 12.4. The lowest BCUT2D eigenvalue weighted by Crippen LogP contribution is -2.32. The van der Waals surface area contributed by atoms with Crippen LogP contribution in [-0.4, -0.2) is 34.9 Å². The van der Waals surface area contributed by atoms with Crippen molar-refractivity contribution in [1.82, 2.24) is 10.7 Å². The fraction of sp³-hybridized carbons (Fsp3) is 0.0417. The van der Waals surface area contributed by atoms with Gasteiger partial charge in [-0.25, -0.2) is 5.43 Å². The molecule has 4 rings (SSSR count). The van der Waals surface area contributed by atoms with Gasteiger partial charge < -0.3 is 19.9 Å². The van der Waals surface area contributed by atoms with Crippen molar-refractivity contribution < 1.29 is 29.1 Å². The van der Waals surface area contributed by atoms with E-state index >= 15 is 0 Å². The molecule has 1 aliphatic heterocycles. The molecule has 0 saturated heterocycles. The van der Waals surface area contributed by atoms with Gasteiger partial charge in [0.15, 0.2) is 11.5 Å². The number of benzene rings is 3. The highest BCUT2D eigenvalue weighted by atomic mass is 16.7. The molecule has 3 aromatic carbocycles. The van der Waals surface area contributed by atoms with Gasteiger partial charge >= 0.3 is 0 Å². The number of phenols is 1. The molecule has 0 radical (unpaired) electrons. The number of phenolic OH excluding ortho intramolecular Hbond substituents is 1. The highest BCUT2D eigenvalue weighted by molar-refractivity contribution is 6.05. The number of fused-ring (bicyclic) bond motifs is 1. The van der Waals surface area contributed by atoms with E-state index in [2.05, 4.69) is 15.8 Å². The zero-order valence-corrected chi connectivity index (χ0v) is 18.0. The van der Waals surface area contributed by atoms with E-state index in [1.165, 1.54) is 6.08 Å². The number of ether oxygens (including phenoxy) is 2. The Labute approximate surface area is 198 Å². The average molecular weight is 474 g/mol. The van der Waals surface area contributed by atoms with Crippen molar-refractivity contribution in [3.8, 4) is 17.2 Å². The fourth-order valence-corrected chi connectivity index (χ4v) is 3.09. The second-order valence-corrected chi connectivity index (χ2v) is 7.19. The predicted octanol–water partition coefficient (Wildman–Crippen LogP) is 2.95. The molecule has 0 spiro atoms. The number of nitrogens with zero attached hydrogens (tertiary/aromatic N) is 2. The van der Waals surface area contributed by atoms with Gasteiger partial charge in [-0.05, 0) is 42.0 Å². The lowest BCUT2D eigenvalue weighted by atomic mass is 10.1. The van der Waals surface area contributed by atoms with E-state index in [9.17, 15) is 24.8 Å². The molecule has 0 bridgehead atoms. The first-order valence-corrected chi connectivity index (χ1v) is 10.2. The summed E-state index contributed by atoms with van der Waals surface area (Å²) in [5.41, 5.74) is 2.77. The summed E-state index contributed by atoms with van der Waals surface area (Å²) in [7, 11) is 0. The molecule has 0 unspecified atom stereocenters. The molecular weight excluding hydrogens is 456 g/mol. The minimum absolute atomic E-state index is 0.0223. The quantitative estimate of drug-likeness (QED) is 0.206. The second-order valence-electron chi connectivity index (χ2n) is 7.19. The summed E-state index contributed by atoms with van der Waals surface area (Å²) < 4.78 is 10.6. The molecule has 0 aliphatic carbocycles. The van der Waals surface area contributed by atoms with Gasteiger partial charge in [-0.15, -0.1) is 0 Å². The molecule has 0 atom stereocenters. The molecule has 2 amide bonds. The van der Waals surface area contributed by atoms with Crippen LogP contribution in [0.4, 0.5) is 5.69 Å². The van der Waals surface area contributed by atoms with Crippen LogP contribution in [0, 0.1) is 10.1 Å². The number of non-ortho nitro benzene ring substituents is 1. The van der Waals surface area contributed by atoms with Crippen molar-refractivity contribution >= 4 is 29.8 Å². The summed E-state index contributed by atoms with van der Waals surface area (Å²) in [6.07, 6.45) is 2.48. The number of hydrazone groups is 1. The van der Waals surface area contributed by atoms with Crippen LogP contribution in [0.2, 0.25) is 0 Å². The predicted molar refractivity (Wildman–Crippen MR) is 125 cm³/mol. The number of hydrogen-bond acceptors (Lipinski definition) is 8. The molecule has 11 nitrogen and oxygen atoms in total. The lowest BCUT2D eigenvalue weighted by Gasteiger charge is -2.09. The van der Waals surface area contributed by atoms with Gasteiger partial charge in [-0.1, -0.05) is 24.3 Å². The number of aromatic hydroxyl groups is 1. The minimum atomic E-state index is -0.770. The molecule has 0 saturated carbocycles. The highest BCUT2D eigenvalue weighted by Gasteiger charge is 2.17. The third-order valence-electron chi connectivity index (χ3n) is 4.83. The van der Waals surface area contributed by atoms with Gasteiger partial charge in [-0.3, -0.25) is 19.7 Å². The van der Waals surface area contributed by atoms with E-state index in [0.29, 0.717) is 22.6 Å². The summed E-state index contributed by atoms with van der Waals surface area (Å²) in [6, 6.07) is 16.7. The molecule has 3 N–H and O–H groups in total. The Morgan fingerprint density at radius 1 is 1.03 bits per heavy atom. The maximum atomic E-state index is 12.9. The van der Waals surface area contributed by atoms with Crippen LogP contribution in [-0.2, 0) is 4.79 Å². The first-order chi connectivity index (χ1) is 16.9. The van der Waals surface area contributed by atoms with Crippen LogP contribution in [0.25, 0.3) is 6.08 Å². The molecular formula is C24H18N4O7. The Bertz CT molecular complexity index is 1350. The molecule has 35 heavy (non-hydrogen) atoms. The summed E-state index contributed by atoms with van der Waals surface area (Å²) in [4.78, 5) is 35.9. The molecule has 1 aliphatic rings. The average Bonchev–Trinajstić information content (AvgIpc) is 3.33. The Balaban J connectivity index is 1.57. The van der Waals surface area contributed by atoms with E-state index in [-0.39, 0.29) is 29.5 Å². The van der Waals surface area contributed by atoms with Gasteiger partial charge in [0, 0.05) is 23.3 Å². The first-order valence-electron chi connectivity index (χ1n) is 10.2. The van der Waals surface area contributed by atoms with Crippen molar-refractivity contribution in [2.45, 2.75) is 0 Å². The summed E-state index contributed by atoms with van der Waals surface area (Å²) in [6.45, 7) is 0.0831. The standard InChI is InChI=1S/C24H18N4O7/c29-20-8-7-18(28(32)33)12-17(20)13-25-27-24(31)19(26-23(30)16-4-2-1-3-5-16)10-15-6-9-21-22(11-15)35-14-34-21/h1-13,29H,14H2,(H,26,30)(H,27,31)/b19-10-,25-13?. The van der Waals surface area contributed by atoms with E-state index in [1.807, 2.05) is 0 Å². The topological polar surface area (TPSA) is 152 Å². The van der Waals surface area contributed by atoms with Gasteiger partial charge in [0.1, 0.15) is 11.4 Å². The van der Waals surface area contributed by atoms with Crippen LogP contribution < -0.4 is 20.2 Å². The van der Waals surface area contributed by atoms with Gasteiger partial charge in [0.25, 0.3) is 17.5 Å². The molecule has 11 heteroatoms. The molecule has 3 aromatic rings. The summed E-state index contributed by atoms with van der Waals surface area (Å²) >= 11 is 0. The van der Waals surface area contributed by atoms with E-state index in [4.69, 9.17) is 9.47 Å². The number of rotatable bonds is 7. The van der Waals surface area contributed by atoms with Gasteiger partial charge in [0.2, 0.25) is 6.79 Å². The molecule has 0 aromatic heterocycles. The van der Waals surface area contributed by atoms with Gasteiger partial charge in [-0.2, -0.15) is 5.10 Å². The fourth-order valence-electron chi connectivity index (χ4n) is 3.09. The van der Waals surface area contributed by atoms with Crippen molar-refractivity contribution in [2.24, 2.45) is 5.10 Å². The third kappa shape index (κ3) is 5.60. The molecule has 1 heterocycles. The number of amides is 2. The highest BCUT2D eigenvalue weighted by Crippen LogP contribution is 2.33. The van der Waals surface area contributed by atoms with E-state index in [0.717, 1.165) is 24.4 Å². The number of hydrogen-bond donors (Lipinski definition) is 3. The van der Waals surface area contributed by atoms with Crippen LogP contribution in [0.1, 0.15) is 21.5 Å². The number of nitro groups is 1. The van der Waals surface area contributed by atoms with Crippen molar-refractivity contribution in [1.29, 1.82) is 0 Å². The SMILES string of the molecule is O=C(NN=Cc1cc([N+](=O)[O-])ccc1O)/C(=C/c1ccc2c(c1)OCO2)NC(=O)c1ccccc1. The van der Waals surface area contributed by atoms with Crippen molar-refractivity contribution in [2.75, 3.05) is 6.79 Å². The van der Waals surface area contributed by atoms with Crippen LogP contribution in [0.3, 0.4) is 0 Å². The monoisotopic (exact) mass is 474 g/mol. The molecule has 176 valence electrons. The lowest BCUT2D eigenvalue weighted by molar-refractivity contribution is -0.384. The van der Waals surface area contributed by atoms with Crippen LogP contribution in [0.5, 0.6) is 17.2 Å². The zero-order valence-electron chi connectivity index (χ0n) is 18.0. The second kappa shape index (κ2) is 10.2. The summed E-state index contributed by atoms with van der Waals surface area (Å²) in [5.74, 6) is -0.502. The Kier molecular flexibility index (Phi) is 6.68. The van der Waals surface area contributed by atoms with Crippen LogP contribution >= 0.6 is 0 Å². The van der Waals surface area contributed by atoms with Crippen molar-refractivity contribution in [3.63, 3.8) is 0 Å². The van der Waals surface area contributed by atoms with E-state index < -0.39 is 16.7 Å². The summed E-state index contributed by atoms with van der Waals surface area (Å²) in [5, 5.41) is 27.2. The minimum Gasteiger partial charge on any atom is -0.507 e. The smallest absolute Gasteiger partial charge is 0.287 e.